The molecular formula is C15H17N2O4+. The molecule has 0 fully saturated rings. The van der Waals surface area contributed by atoms with Crippen LogP contribution in [0.4, 0.5) is 4.79 Å². The number of aromatic nitrogens is 1. The molecule has 0 unspecified atom stereocenters. The maximum Gasteiger partial charge on any atom is 0.414 e. The SMILES string of the molecule is COC(=O)c1cc2c(OC(=O)N(C)C)cccc2[n+]([11CH3])c1. The molecule has 2 aromatic rings. The minimum Gasteiger partial charge on any atom is -0.465 e. The second kappa shape index (κ2) is 5.78. The third-order valence-corrected chi connectivity index (χ3v) is 3.04. The van der Waals surface area contributed by atoms with Crippen LogP contribution in [0.2, 0.25) is 0 Å². The Morgan fingerprint density at radius 2 is 1.95 bits per heavy atom. The fourth-order valence-electron chi connectivity index (χ4n) is 1.96. The van der Waals surface area contributed by atoms with Crippen LogP contribution in [-0.2, 0) is 11.8 Å². The molecule has 6 heteroatoms. The Morgan fingerprint density at radius 3 is 2.57 bits per heavy atom. The molecule has 1 aromatic carbocycles. The van der Waals surface area contributed by atoms with Crippen molar-refractivity contribution in [2.75, 3.05) is 21.2 Å². The zero-order chi connectivity index (χ0) is 15.6. The van der Waals surface area contributed by atoms with Gasteiger partial charge in [0.2, 0.25) is 5.52 Å². The number of fused-ring (bicyclic) bond motifs is 1. The first-order valence-corrected chi connectivity index (χ1v) is 6.34. The molecule has 0 aliphatic carbocycles. The Morgan fingerprint density at radius 1 is 1.24 bits per heavy atom. The maximum atomic E-state index is 11.7. The number of benzene rings is 1. The second-order valence-electron chi connectivity index (χ2n) is 4.78. The summed E-state index contributed by atoms with van der Waals surface area (Å²) in [6, 6.07) is 7.01. The quantitative estimate of drug-likeness (QED) is 0.621. The normalized spacial score (nSPS) is 10.3. The predicted molar refractivity (Wildman–Crippen MR) is 76.2 cm³/mol. The lowest BCUT2D eigenvalue weighted by atomic mass is 10.1. The van der Waals surface area contributed by atoms with Gasteiger partial charge in [0.25, 0.3) is 0 Å². The average Bonchev–Trinajstić information content (AvgIpc) is 2.46. The number of carbonyl (C=O) groups is 2. The third kappa shape index (κ3) is 2.94. The standard InChI is InChI=1S/C15H17N2O4/c1-16(2)15(19)21-13-7-5-6-12-11(13)8-10(9-17(12)3)14(18)20-4/h5-9H,1-4H3/q+1/i3-1. The van der Waals surface area contributed by atoms with E-state index in [2.05, 4.69) is 0 Å². The van der Waals surface area contributed by atoms with Crippen LogP contribution >= 0.6 is 0 Å². The van der Waals surface area contributed by atoms with Gasteiger partial charge in [-0.05, 0) is 12.1 Å². The number of hydrogen-bond acceptors (Lipinski definition) is 4. The molecule has 0 aliphatic heterocycles. The maximum absolute atomic E-state index is 11.7. The summed E-state index contributed by atoms with van der Waals surface area (Å²) in [6.45, 7) is 0. The number of aryl methyl sites for hydroxylation is 1. The average molecular weight is 288 g/mol. The minimum absolute atomic E-state index is 0.390. The third-order valence-electron chi connectivity index (χ3n) is 3.04. The van der Waals surface area contributed by atoms with Gasteiger partial charge in [0, 0.05) is 20.2 Å². The summed E-state index contributed by atoms with van der Waals surface area (Å²) < 4.78 is 11.9. The van der Waals surface area contributed by atoms with Gasteiger partial charge in [-0.2, -0.15) is 0 Å². The number of carbonyl (C=O) groups excluding carboxylic acids is 2. The molecule has 0 radical (unpaired) electrons. The van der Waals surface area contributed by atoms with Crippen molar-refractivity contribution in [2.24, 2.45) is 7.05 Å². The minimum atomic E-state index is -0.478. The lowest BCUT2D eigenvalue weighted by molar-refractivity contribution is -0.645. The van der Waals surface area contributed by atoms with Crippen LogP contribution in [0, 0.1) is 0 Å². The van der Waals surface area contributed by atoms with E-state index in [-0.39, 0.29) is 0 Å². The summed E-state index contributed by atoms with van der Waals surface area (Å²) in [4.78, 5) is 24.8. The van der Waals surface area contributed by atoms with Crippen molar-refractivity contribution in [1.29, 1.82) is 0 Å². The van der Waals surface area contributed by atoms with Gasteiger partial charge < -0.3 is 14.4 Å². The molecule has 6 nitrogen and oxygen atoms in total. The van der Waals surface area contributed by atoms with Crippen LogP contribution in [0.5, 0.6) is 5.75 Å². The summed E-state index contributed by atoms with van der Waals surface area (Å²) in [7, 11) is 6.34. The van der Waals surface area contributed by atoms with Gasteiger partial charge in [-0.3, -0.25) is 0 Å². The van der Waals surface area contributed by atoms with E-state index in [4.69, 9.17) is 9.47 Å². The summed E-state index contributed by atoms with van der Waals surface area (Å²) in [5.41, 5.74) is 1.23. The lowest BCUT2D eigenvalue weighted by Crippen LogP contribution is -2.30. The first-order chi connectivity index (χ1) is 9.93. The number of rotatable bonds is 2. The second-order valence-corrected chi connectivity index (χ2v) is 4.78. The molecule has 0 bridgehead atoms. The Hall–Kier alpha value is -2.63. The van der Waals surface area contributed by atoms with Crippen molar-refractivity contribution in [3.8, 4) is 5.75 Å². The summed E-state index contributed by atoms with van der Waals surface area (Å²) in [5, 5.41) is 0.665. The number of esters is 1. The highest BCUT2D eigenvalue weighted by Crippen LogP contribution is 2.25. The van der Waals surface area contributed by atoms with Crippen molar-refractivity contribution in [1.82, 2.24) is 4.90 Å². The molecule has 1 amide bonds. The fourth-order valence-corrected chi connectivity index (χ4v) is 1.96. The van der Waals surface area contributed by atoms with Crippen LogP contribution in [0.25, 0.3) is 10.9 Å². The van der Waals surface area contributed by atoms with Crippen LogP contribution in [0.1, 0.15) is 10.4 Å². The fraction of sp³-hybridized carbons (Fsp3) is 0.267. The molecule has 0 N–H and O–H groups in total. The van der Waals surface area contributed by atoms with E-state index in [1.165, 1.54) is 12.0 Å². The Bertz CT molecular complexity index is 710. The lowest BCUT2D eigenvalue weighted by Gasteiger charge is -2.12. The van der Waals surface area contributed by atoms with E-state index < -0.39 is 12.1 Å². The van der Waals surface area contributed by atoms with Crippen LogP contribution in [0.3, 0.4) is 0 Å². The highest BCUT2D eigenvalue weighted by atomic mass is 16.6. The highest BCUT2D eigenvalue weighted by Gasteiger charge is 2.18. The number of hydrogen-bond donors (Lipinski definition) is 0. The van der Waals surface area contributed by atoms with Crippen molar-refractivity contribution in [3.05, 3.63) is 36.0 Å². The molecule has 0 spiro atoms. The Kier molecular flexibility index (Phi) is 4.07. The van der Waals surface area contributed by atoms with Gasteiger partial charge in [0.1, 0.15) is 18.4 Å². The molecule has 0 saturated carbocycles. The van der Waals surface area contributed by atoms with Crippen LogP contribution in [-0.4, -0.2) is 38.2 Å². The van der Waals surface area contributed by atoms with Crippen molar-refractivity contribution in [3.63, 3.8) is 0 Å². The van der Waals surface area contributed by atoms with Gasteiger partial charge in [-0.15, -0.1) is 0 Å². The van der Waals surface area contributed by atoms with Gasteiger partial charge in [0.05, 0.1) is 12.5 Å². The van der Waals surface area contributed by atoms with Crippen molar-refractivity contribution >= 4 is 23.0 Å². The predicted octanol–water partition coefficient (Wildman–Crippen LogP) is 1.51. The van der Waals surface area contributed by atoms with Gasteiger partial charge in [-0.25, -0.2) is 14.2 Å². The molecule has 2 rings (SSSR count). The number of methoxy groups -OCH3 is 1. The van der Waals surface area contributed by atoms with Crippen LogP contribution in [0.15, 0.2) is 30.5 Å². The van der Waals surface area contributed by atoms with Crippen molar-refractivity contribution in [2.45, 2.75) is 0 Å². The van der Waals surface area contributed by atoms with Gasteiger partial charge in [0.15, 0.2) is 6.20 Å². The van der Waals surface area contributed by atoms with E-state index in [0.29, 0.717) is 16.7 Å². The molecule has 110 valence electrons. The molecule has 1 aromatic heterocycles. The summed E-state index contributed by atoms with van der Waals surface area (Å²) in [5.74, 6) is -0.0474. The van der Waals surface area contributed by atoms with E-state index >= 15 is 0 Å². The zero-order valence-corrected chi connectivity index (χ0v) is 12.4. The zero-order valence-electron chi connectivity index (χ0n) is 12.4. The summed E-state index contributed by atoms with van der Waals surface area (Å²) in [6.07, 6.45) is 1.19. The number of amides is 1. The van der Waals surface area contributed by atoms with E-state index in [1.54, 1.807) is 43.1 Å². The molecule has 1 heterocycles. The largest absolute Gasteiger partial charge is 0.465 e. The molecule has 0 aliphatic rings. The molecule has 21 heavy (non-hydrogen) atoms. The van der Waals surface area contributed by atoms with Gasteiger partial charge >= 0.3 is 12.1 Å². The van der Waals surface area contributed by atoms with Crippen LogP contribution < -0.4 is 9.30 Å². The van der Waals surface area contributed by atoms with Gasteiger partial charge in [-0.1, -0.05) is 6.07 Å². The summed E-state index contributed by atoms with van der Waals surface area (Å²) >= 11 is 0. The highest BCUT2D eigenvalue weighted by molar-refractivity contribution is 5.94. The van der Waals surface area contributed by atoms with Crippen molar-refractivity contribution < 1.29 is 23.6 Å². The number of pyridine rings is 1. The molecule has 0 saturated heterocycles. The van der Waals surface area contributed by atoms with E-state index in [1.807, 2.05) is 13.1 Å². The van der Waals surface area contributed by atoms with E-state index in [9.17, 15) is 9.59 Å². The Balaban J connectivity index is 2.58. The van der Waals surface area contributed by atoms with E-state index in [0.717, 1.165) is 5.52 Å². The number of nitrogens with zero attached hydrogens (tertiary/aromatic N) is 2. The topological polar surface area (TPSA) is 59.7 Å². The number of ether oxygens (including phenoxy) is 2. The first-order valence-electron chi connectivity index (χ1n) is 6.34. The molecule has 0 atom stereocenters. The molecular weight excluding hydrogens is 271 g/mol. The first kappa shape index (κ1) is 14.8. The smallest absolute Gasteiger partial charge is 0.414 e. The Labute approximate surface area is 122 Å². The monoisotopic (exact) mass is 288 g/mol.